The van der Waals surface area contributed by atoms with Gasteiger partial charge in [0, 0.05) is 6.54 Å². The van der Waals surface area contributed by atoms with Crippen LogP contribution in [0.3, 0.4) is 0 Å². The van der Waals surface area contributed by atoms with Crippen LogP contribution in [0.25, 0.3) is 11.1 Å². The summed E-state index contributed by atoms with van der Waals surface area (Å²) < 4.78 is 23.8. The number of ether oxygens (including phenoxy) is 2. The fourth-order valence-electron chi connectivity index (χ4n) is 1.98. The Bertz CT molecular complexity index is 584. The molecule has 0 bridgehead atoms. The molecule has 2 N–H and O–H groups in total. The number of nitrogens with two attached hydrogens (primary N) is 1. The Labute approximate surface area is 111 Å². The molecule has 0 saturated carbocycles. The van der Waals surface area contributed by atoms with Gasteiger partial charge in [0.1, 0.15) is 5.75 Å². The summed E-state index contributed by atoms with van der Waals surface area (Å²) in [6.07, 6.45) is 0. The maximum absolute atomic E-state index is 13.7. The fourth-order valence-corrected chi connectivity index (χ4v) is 1.98. The molecule has 2 aromatic rings. The van der Waals surface area contributed by atoms with E-state index in [-0.39, 0.29) is 5.75 Å². The van der Waals surface area contributed by atoms with Crippen molar-refractivity contribution in [1.82, 2.24) is 0 Å². The van der Waals surface area contributed by atoms with E-state index < -0.39 is 5.82 Å². The fraction of sp³-hybridized carbons (Fsp3) is 0.200. The highest BCUT2D eigenvalue weighted by Gasteiger charge is 2.09. The number of rotatable bonds is 4. The SMILES string of the molecule is COc1ccc(-c2ccc(OC)c(F)c2)c(CN)c1. The zero-order valence-electron chi connectivity index (χ0n) is 10.9. The maximum Gasteiger partial charge on any atom is 0.165 e. The van der Waals surface area contributed by atoms with E-state index in [0.717, 1.165) is 22.4 Å². The smallest absolute Gasteiger partial charge is 0.165 e. The first-order valence-electron chi connectivity index (χ1n) is 5.90. The van der Waals surface area contributed by atoms with Crippen LogP contribution in [0.1, 0.15) is 5.56 Å². The van der Waals surface area contributed by atoms with Gasteiger partial charge in [-0.05, 0) is 41.0 Å². The molecule has 2 aromatic carbocycles. The Kier molecular flexibility index (Phi) is 4.02. The van der Waals surface area contributed by atoms with Crippen molar-refractivity contribution in [3.63, 3.8) is 0 Å². The number of hydrogen-bond acceptors (Lipinski definition) is 3. The van der Waals surface area contributed by atoms with Crippen LogP contribution in [0.5, 0.6) is 11.5 Å². The molecule has 0 radical (unpaired) electrons. The molecule has 3 nitrogen and oxygen atoms in total. The van der Waals surface area contributed by atoms with Gasteiger partial charge in [-0.2, -0.15) is 0 Å². The molecule has 2 rings (SSSR count). The minimum absolute atomic E-state index is 0.228. The van der Waals surface area contributed by atoms with Gasteiger partial charge in [-0.25, -0.2) is 4.39 Å². The van der Waals surface area contributed by atoms with Crippen LogP contribution < -0.4 is 15.2 Å². The van der Waals surface area contributed by atoms with E-state index in [0.29, 0.717) is 6.54 Å². The van der Waals surface area contributed by atoms with Crippen LogP contribution in [-0.4, -0.2) is 14.2 Å². The van der Waals surface area contributed by atoms with Gasteiger partial charge in [0.15, 0.2) is 11.6 Å². The van der Waals surface area contributed by atoms with Gasteiger partial charge >= 0.3 is 0 Å². The average molecular weight is 261 g/mol. The lowest BCUT2D eigenvalue weighted by molar-refractivity contribution is 0.386. The van der Waals surface area contributed by atoms with Gasteiger partial charge in [-0.3, -0.25) is 0 Å². The molecule has 0 fully saturated rings. The quantitative estimate of drug-likeness (QED) is 0.920. The Morgan fingerprint density at radius 1 is 1.05 bits per heavy atom. The van der Waals surface area contributed by atoms with Gasteiger partial charge in [0.2, 0.25) is 0 Å². The topological polar surface area (TPSA) is 44.5 Å². The first-order valence-corrected chi connectivity index (χ1v) is 5.90. The average Bonchev–Trinajstić information content (AvgIpc) is 2.46. The Morgan fingerprint density at radius 3 is 2.42 bits per heavy atom. The molecular formula is C15H16FNO2. The van der Waals surface area contributed by atoms with E-state index in [1.165, 1.54) is 13.2 Å². The van der Waals surface area contributed by atoms with E-state index in [4.69, 9.17) is 15.2 Å². The van der Waals surface area contributed by atoms with Gasteiger partial charge in [-0.15, -0.1) is 0 Å². The molecule has 0 aliphatic heterocycles. The second-order valence-electron chi connectivity index (χ2n) is 4.08. The summed E-state index contributed by atoms with van der Waals surface area (Å²) in [5, 5.41) is 0. The maximum atomic E-state index is 13.7. The monoisotopic (exact) mass is 261 g/mol. The molecule has 0 aliphatic carbocycles. The van der Waals surface area contributed by atoms with Gasteiger partial charge in [0.05, 0.1) is 14.2 Å². The third kappa shape index (κ3) is 2.69. The van der Waals surface area contributed by atoms with E-state index >= 15 is 0 Å². The van der Waals surface area contributed by atoms with E-state index in [1.54, 1.807) is 13.2 Å². The highest BCUT2D eigenvalue weighted by atomic mass is 19.1. The summed E-state index contributed by atoms with van der Waals surface area (Å²) in [6.45, 7) is 0.361. The molecule has 4 heteroatoms. The first-order chi connectivity index (χ1) is 9.19. The van der Waals surface area contributed by atoms with Crippen LogP contribution in [0.4, 0.5) is 4.39 Å². The predicted molar refractivity (Wildman–Crippen MR) is 72.8 cm³/mol. The van der Waals surface area contributed by atoms with Crippen molar-refractivity contribution in [2.75, 3.05) is 14.2 Å². The van der Waals surface area contributed by atoms with Crippen molar-refractivity contribution in [1.29, 1.82) is 0 Å². The lowest BCUT2D eigenvalue weighted by Gasteiger charge is -2.11. The van der Waals surface area contributed by atoms with E-state index in [9.17, 15) is 4.39 Å². The summed E-state index contributed by atoms with van der Waals surface area (Å²) in [7, 11) is 3.04. The summed E-state index contributed by atoms with van der Waals surface area (Å²) in [5.41, 5.74) is 8.30. The number of halogens is 1. The van der Waals surface area contributed by atoms with Crippen molar-refractivity contribution >= 4 is 0 Å². The highest BCUT2D eigenvalue weighted by molar-refractivity contribution is 5.69. The summed E-state index contributed by atoms with van der Waals surface area (Å²) in [5.74, 6) is 0.573. The standard InChI is InChI=1S/C15H16FNO2/c1-18-12-4-5-13(11(7-12)9-17)10-3-6-15(19-2)14(16)8-10/h3-8H,9,17H2,1-2H3. The normalized spacial score (nSPS) is 10.3. The predicted octanol–water partition coefficient (Wildman–Crippen LogP) is 2.97. The lowest BCUT2D eigenvalue weighted by Crippen LogP contribution is -2.00. The minimum atomic E-state index is -0.390. The number of methoxy groups -OCH3 is 2. The molecule has 0 heterocycles. The van der Waals surface area contributed by atoms with Crippen molar-refractivity contribution in [3.05, 3.63) is 47.8 Å². The largest absolute Gasteiger partial charge is 0.497 e. The summed E-state index contributed by atoms with van der Waals surface area (Å²) >= 11 is 0. The molecule has 0 aliphatic rings. The highest BCUT2D eigenvalue weighted by Crippen LogP contribution is 2.30. The number of benzene rings is 2. The number of hydrogen-bond donors (Lipinski definition) is 1. The van der Waals surface area contributed by atoms with Crippen molar-refractivity contribution in [2.45, 2.75) is 6.54 Å². The van der Waals surface area contributed by atoms with Gasteiger partial charge in [0.25, 0.3) is 0 Å². The second-order valence-corrected chi connectivity index (χ2v) is 4.08. The molecule has 100 valence electrons. The Morgan fingerprint density at radius 2 is 1.84 bits per heavy atom. The molecule has 0 saturated heterocycles. The van der Waals surface area contributed by atoms with Crippen molar-refractivity contribution < 1.29 is 13.9 Å². The van der Waals surface area contributed by atoms with Crippen LogP contribution in [0, 0.1) is 5.82 Å². The van der Waals surface area contributed by atoms with Gasteiger partial charge < -0.3 is 15.2 Å². The molecular weight excluding hydrogens is 245 g/mol. The molecule has 0 atom stereocenters. The molecule has 0 spiro atoms. The summed E-state index contributed by atoms with van der Waals surface area (Å²) in [4.78, 5) is 0. The van der Waals surface area contributed by atoms with Crippen LogP contribution in [-0.2, 0) is 6.54 Å². The summed E-state index contributed by atoms with van der Waals surface area (Å²) in [6, 6.07) is 10.4. The molecule has 0 aromatic heterocycles. The van der Waals surface area contributed by atoms with E-state index in [2.05, 4.69) is 0 Å². The zero-order valence-corrected chi connectivity index (χ0v) is 10.9. The third-order valence-corrected chi connectivity index (χ3v) is 3.00. The zero-order chi connectivity index (χ0) is 13.8. The molecule has 0 unspecified atom stereocenters. The Balaban J connectivity index is 2.49. The molecule has 19 heavy (non-hydrogen) atoms. The molecule has 0 amide bonds. The minimum Gasteiger partial charge on any atom is -0.497 e. The van der Waals surface area contributed by atoms with Crippen molar-refractivity contribution in [2.24, 2.45) is 5.73 Å². The lowest BCUT2D eigenvalue weighted by atomic mass is 9.99. The van der Waals surface area contributed by atoms with Crippen molar-refractivity contribution in [3.8, 4) is 22.6 Å². The first kappa shape index (κ1) is 13.4. The Hall–Kier alpha value is -2.07. The van der Waals surface area contributed by atoms with E-state index in [1.807, 2.05) is 24.3 Å². The van der Waals surface area contributed by atoms with Gasteiger partial charge in [-0.1, -0.05) is 12.1 Å². The van der Waals surface area contributed by atoms with Crippen LogP contribution >= 0.6 is 0 Å². The third-order valence-electron chi connectivity index (χ3n) is 3.00. The van der Waals surface area contributed by atoms with Crippen LogP contribution in [0.15, 0.2) is 36.4 Å². The second kappa shape index (κ2) is 5.71. The van der Waals surface area contributed by atoms with Crippen LogP contribution in [0.2, 0.25) is 0 Å².